The molecule has 0 saturated carbocycles. The van der Waals surface area contributed by atoms with Crippen molar-refractivity contribution in [3.8, 4) is 0 Å². The monoisotopic (exact) mass is 267 g/mol. The molecule has 0 heterocycles. The number of carbonyl (C=O) groups is 1. The van der Waals surface area contributed by atoms with Gasteiger partial charge in [0.15, 0.2) is 5.78 Å². The third kappa shape index (κ3) is 4.04. The second-order valence-corrected chi connectivity index (χ2v) is 5.28. The highest BCUT2D eigenvalue weighted by molar-refractivity contribution is 5.96. The molecule has 0 fully saturated rings. The van der Waals surface area contributed by atoms with Crippen LogP contribution in [-0.2, 0) is 0 Å². The Balaban J connectivity index is 2.14. The van der Waals surface area contributed by atoms with Gasteiger partial charge in [0.1, 0.15) is 0 Å². The zero-order valence-corrected chi connectivity index (χ0v) is 12.0. The highest BCUT2D eigenvalue weighted by Gasteiger charge is 2.17. The Morgan fingerprint density at radius 1 is 0.950 bits per heavy atom. The molecule has 0 aliphatic heterocycles. The molecule has 0 spiro atoms. The molecule has 2 rings (SSSR count). The van der Waals surface area contributed by atoms with Gasteiger partial charge in [0.05, 0.1) is 0 Å². The Kier molecular flexibility index (Phi) is 5.08. The molecule has 0 aliphatic rings. The van der Waals surface area contributed by atoms with E-state index in [1.54, 1.807) is 0 Å². The minimum Gasteiger partial charge on any atom is -0.307 e. The SMILES string of the molecule is CC(C)NC(CC(=O)c1ccccc1)c1ccccc1. The van der Waals surface area contributed by atoms with Gasteiger partial charge in [-0.15, -0.1) is 0 Å². The van der Waals surface area contributed by atoms with Crippen LogP contribution in [0.1, 0.15) is 42.2 Å². The zero-order chi connectivity index (χ0) is 14.4. The quantitative estimate of drug-likeness (QED) is 0.802. The summed E-state index contributed by atoms with van der Waals surface area (Å²) in [5, 5.41) is 3.48. The standard InChI is InChI=1S/C18H21NO/c1-14(2)19-17(15-9-5-3-6-10-15)13-18(20)16-11-7-4-8-12-16/h3-12,14,17,19H,13H2,1-2H3. The summed E-state index contributed by atoms with van der Waals surface area (Å²) in [7, 11) is 0. The lowest BCUT2D eigenvalue weighted by Crippen LogP contribution is -2.29. The van der Waals surface area contributed by atoms with Gasteiger partial charge in [0.25, 0.3) is 0 Å². The van der Waals surface area contributed by atoms with Crippen LogP contribution in [-0.4, -0.2) is 11.8 Å². The van der Waals surface area contributed by atoms with E-state index in [0.29, 0.717) is 12.5 Å². The van der Waals surface area contributed by atoms with E-state index in [9.17, 15) is 4.79 Å². The Labute approximate surface area is 120 Å². The van der Waals surface area contributed by atoms with Crippen LogP contribution in [0.5, 0.6) is 0 Å². The maximum atomic E-state index is 12.4. The van der Waals surface area contributed by atoms with Crippen molar-refractivity contribution >= 4 is 5.78 Å². The molecule has 0 saturated heterocycles. The van der Waals surface area contributed by atoms with Crippen LogP contribution in [0, 0.1) is 0 Å². The van der Waals surface area contributed by atoms with Crippen LogP contribution in [0.2, 0.25) is 0 Å². The molecular formula is C18H21NO. The van der Waals surface area contributed by atoms with Crippen molar-refractivity contribution in [2.75, 3.05) is 0 Å². The summed E-state index contributed by atoms with van der Waals surface area (Å²) in [5.41, 5.74) is 1.93. The van der Waals surface area contributed by atoms with E-state index in [2.05, 4.69) is 31.3 Å². The topological polar surface area (TPSA) is 29.1 Å². The molecule has 0 bridgehead atoms. The van der Waals surface area contributed by atoms with Gasteiger partial charge < -0.3 is 5.32 Å². The molecule has 20 heavy (non-hydrogen) atoms. The van der Waals surface area contributed by atoms with Crippen LogP contribution >= 0.6 is 0 Å². The third-order valence-corrected chi connectivity index (χ3v) is 3.22. The summed E-state index contributed by atoms with van der Waals surface area (Å²) in [6, 6.07) is 20.0. The molecule has 0 aromatic heterocycles. The van der Waals surface area contributed by atoms with E-state index >= 15 is 0 Å². The molecule has 2 aromatic rings. The van der Waals surface area contributed by atoms with Gasteiger partial charge in [-0.25, -0.2) is 0 Å². The largest absolute Gasteiger partial charge is 0.307 e. The average molecular weight is 267 g/mol. The first kappa shape index (κ1) is 14.5. The smallest absolute Gasteiger partial charge is 0.164 e. The van der Waals surface area contributed by atoms with Crippen LogP contribution in [0.25, 0.3) is 0 Å². The number of Topliss-reactive ketones (excluding diaryl/α,β-unsaturated/α-hetero) is 1. The zero-order valence-electron chi connectivity index (χ0n) is 12.0. The molecule has 1 unspecified atom stereocenters. The first-order valence-electron chi connectivity index (χ1n) is 7.06. The van der Waals surface area contributed by atoms with Gasteiger partial charge in [0.2, 0.25) is 0 Å². The number of ketones is 1. The molecule has 0 radical (unpaired) electrons. The summed E-state index contributed by atoms with van der Waals surface area (Å²) in [5.74, 6) is 0.174. The Morgan fingerprint density at radius 2 is 1.50 bits per heavy atom. The Hall–Kier alpha value is -1.93. The minimum atomic E-state index is 0.0592. The lowest BCUT2D eigenvalue weighted by molar-refractivity contribution is 0.0967. The first-order chi connectivity index (χ1) is 9.66. The molecular weight excluding hydrogens is 246 g/mol. The fraction of sp³-hybridized carbons (Fsp3) is 0.278. The van der Waals surface area contributed by atoms with Crippen molar-refractivity contribution in [1.29, 1.82) is 0 Å². The van der Waals surface area contributed by atoms with E-state index in [4.69, 9.17) is 0 Å². The summed E-state index contributed by atoms with van der Waals surface area (Å²) < 4.78 is 0. The Morgan fingerprint density at radius 3 is 2.05 bits per heavy atom. The number of hydrogen-bond donors (Lipinski definition) is 1. The highest BCUT2D eigenvalue weighted by atomic mass is 16.1. The molecule has 1 atom stereocenters. The van der Waals surface area contributed by atoms with Gasteiger partial charge in [-0.05, 0) is 5.56 Å². The lowest BCUT2D eigenvalue weighted by atomic mass is 9.97. The maximum absolute atomic E-state index is 12.4. The Bertz CT molecular complexity index is 534. The van der Waals surface area contributed by atoms with E-state index in [-0.39, 0.29) is 11.8 Å². The minimum absolute atomic E-state index is 0.0592. The van der Waals surface area contributed by atoms with E-state index < -0.39 is 0 Å². The maximum Gasteiger partial charge on any atom is 0.164 e. The van der Waals surface area contributed by atoms with Crippen LogP contribution in [0.15, 0.2) is 60.7 Å². The van der Waals surface area contributed by atoms with Gasteiger partial charge in [0, 0.05) is 24.1 Å². The molecule has 2 nitrogen and oxygen atoms in total. The fourth-order valence-corrected chi connectivity index (χ4v) is 2.29. The van der Waals surface area contributed by atoms with Crippen LogP contribution in [0.3, 0.4) is 0 Å². The number of nitrogens with one attached hydrogen (secondary N) is 1. The van der Waals surface area contributed by atoms with Gasteiger partial charge in [-0.2, -0.15) is 0 Å². The summed E-state index contributed by atoms with van der Waals surface area (Å²) in [6.07, 6.45) is 0.478. The van der Waals surface area contributed by atoms with Crippen molar-refractivity contribution in [3.05, 3.63) is 71.8 Å². The molecule has 0 aliphatic carbocycles. The van der Waals surface area contributed by atoms with E-state index in [1.165, 1.54) is 0 Å². The van der Waals surface area contributed by atoms with Crippen molar-refractivity contribution in [1.82, 2.24) is 5.32 Å². The molecule has 104 valence electrons. The van der Waals surface area contributed by atoms with Gasteiger partial charge in [-0.3, -0.25) is 4.79 Å². The molecule has 2 heteroatoms. The predicted octanol–water partition coefficient (Wildman–Crippen LogP) is 4.00. The number of benzene rings is 2. The molecule has 1 N–H and O–H groups in total. The van der Waals surface area contributed by atoms with E-state index in [0.717, 1.165) is 11.1 Å². The third-order valence-electron chi connectivity index (χ3n) is 3.22. The van der Waals surface area contributed by atoms with Gasteiger partial charge in [-0.1, -0.05) is 74.5 Å². The second kappa shape index (κ2) is 7.01. The van der Waals surface area contributed by atoms with Crippen molar-refractivity contribution in [2.24, 2.45) is 0 Å². The molecule has 0 amide bonds. The summed E-state index contributed by atoms with van der Waals surface area (Å²) in [6.45, 7) is 4.20. The molecule has 2 aromatic carbocycles. The highest BCUT2D eigenvalue weighted by Crippen LogP contribution is 2.20. The fourth-order valence-electron chi connectivity index (χ4n) is 2.29. The second-order valence-electron chi connectivity index (χ2n) is 5.28. The van der Waals surface area contributed by atoms with Crippen molar-refractivity contribution < 1.29 is 4.79 Å². The van der Waals surface area contributed by atoms with E-state index in [1.807, 2.05) is 48.5 Å². The predicted molar refractivity (Wildman–Crippen MR) is 82.8 cm³/mol. The summed E-state index contributed by atoms with van der Waals surface area (Å²) in [4.78, 5) is 12.4. The normalized spacial score (nSPS) is 12.3. The lowest BCUT2D eigenvalue weighted by Gasteiger charge is -2.21. The number of hydrogen-bond acceptors (Lipinski definition) is 2. The first-order valence-corrected chi connectivity index (χ1v) is 7.06. The number of rotatable bonds is 6. The average Bonchev–Trinajstić information content (AvgIpc) is 2.48. The van der Waals surface area contributed by atoms with Gasteiger partial charge >= 0.3 is 0 Å². The number of carbonyl (C=O) groups excluding carboxylic acids is 1. The van der Waals surface area contributed by atoms with Crippen molar-refractivity contribution in [3.63, 3.8) is 0 Å². The summed E-state index contributed by atoms with van der Waals surface area (Å²) >= 11 is 0. The van der Waals surface area contributed by atoms with Crippen molar-refractivity contribution in [2.45, 2.75) is 32.4 Å². The van der Waals surface area contributed by atoms with Crippen LogP contribution < -0.4 is 5.32 Å². The van der Waals surface area contributed by atoms with Crippen LogP contribution in [0.4, 0.5) is 0 Å².